The highest BCUT2D eigenvalue weighted by Gasteiger charge is 2.26. The van der Waals surface area contributed by atoms with Crippen molar-refractivity contribution in [3.05, 3.63) is 27.9 Å². The number of nitro groups is 1. The van der Waals surface area contributed by atoms with E-state index in [2.05, 4.69) is 10.3 Å². The SMILES string of the molecule is CN(c1ncc([N+](=O)[O-])cc1C(N)=O)C1CNC1. The van der Waals surface area contributed by atoms with Crippen LogP contribution in [0.15, 0.2) is 12.3 Å². The molecule has 0 bridgehead atoms. The first kappa shape index (κ1) is 12.2. The van der Waals surface area contributed by atoms with Gasteiger partial charge in [-0.05, 0) is 0 Å². The van der Waals surface area contributed by atoms with Crippen molar-refractivity contribution >= 4 is 17.4 Å². The van der Waals surface area contributed by atoms with Crippen molar-refractivity contribution in [2.24, 2.45) is 5.73 Å². The van der Waals surface area contributed by atoms with Gasteiger partial charge in [-0.25, -0.2) is 4.98 Å². The molecule has 1 fully saturated rings. The highest BCUT2D eigenvalue weighted by Crippen LogP contribution is 2.23. The second-order valence-corrected chi connectivity index (χ2v) is 4.11. The first-order valence-corrected chi connectivity index (χ1v) is 5.38. The summed E-state index contributed by atoms with van der Waals surface area (Å²) < 4.78 is 0. The number of hydrogen-bond donors (Lipinski definition) is 2. The number of rotatable bonds is 4. The molecule has 0 unspecified atom stereocenters. The lowest BCUT2D eigenvalue weighted by Crippen LogP contribution is -2.56. The molecule has 0 saturated carbocycles. The van der Waals surface area contributed by atoms with E-state index in [1.807, 2.05) is 0 Å². The molecule has 18 heavy (non-hydrogen) atoms. The molecule has 8 heteroatoms. The summed E-state index contributed by atoms with van der Waals surface area (Å²) in [6.07, 6.45) is 1.13. The van der Waals surface area contributed by atoms with Crippen LogP contribution in [0.25, 0.3) is 0 Å². The standard InChI is InChI=1S/C10H13N5O3/c1-14(7-3-12-4-7)10-8(9(11)16)2-6(5-13-10)15(17)18/h2,5,7,12H,3-4H2,1H3,(H2,11,16). The lowest BCUT2D eigenvalue weighted by molar-refractivity contribution is -0.385. The van der Waals surface area contributed by atoms with Gasteiger partial charge in [-0.15, -0.1) is 0 Å². The van der Waals surface area contributed by atoms with Gasteiger partial charge in [-0.2, -0.15) is 0 Å². The molecule has 1 aromatic rings. The third-order valence-electron chi connectivity index (χ3n) is 2.97. The number of nitrogens with one attached hydrogen (secondary N) is 1. The summed E-state index contributed by atoms with van der Waals surface area (Å²) in [5, 5.41) is 13.7. The molecule has 0 aromatic carbocycles. The summed E-state index contributed by atoms with van der Waals surface area (Å²) in [7, 11) is 1.78. The number of carbonyl (C=O) groups excluding carboxylic acids is 1. The molecule has 96 valence electrons. The fourth-order valence-corrected chi connectivity index (χ4v) is 1.73. The lowest BCUT2D eigenvalue weighted by Gasteiger charge is -2.36. The van der Waals surface area contributed by atoms with E-state index < -0.39 is 10.8 Å². The highest BCUT2D eigenvalue weighted by atomic mass is 16.6. The number of anilines is 1. The van der Waals surface area contributed by atoms with E-state index in [0.29, 0.717) is 5.82 Å². The molecule has 3 N–H and O–H groups in total. The topological polar surface area (TPSA) is 114 Å². The Morgan fingerprint density at radius 2 is 2.33 bits per heavy atom. The van der Waals surface area contributed by atoms with Crippen molar-refractivity contribution in [2.75, 3.05) is 25.0 Å². The van der Waals surface area contributed by atoms with Crippen LogP contribution in [-0.2, 0) is 0 Å². The van der Waals surface area contributed by atoms with E-state index >= 15 is 0 Å². The van der Waals surface area contributed by atoms with Crippen LogP contribution in [0, 0.1) is 10.1 Å². The Morgan fingerprint density at radius 3 is 2.78 bits per heavy atom. The smallest absolute Gasteiger partial charge is 0.288 e. The second-order valence-electron chi connectivity index (χ2n) is 4.11. The monoisotopic (exact) mass is 251 g/mol. The number of primary amides is 1. The van der Waals surface area contributed by atoms with Gasteiger partial charge in [0.05, 0.1) is 16.5 Å². The number of hydrogen-bond acceptors (Lipinski definition) is 6. The molecular weight excluding hydrogens is 238 g/mol. The summed E-state index contributed by atoms with van der Waals surface area (Å²) in [4.78, 5) is 27.2. The van der Waals surface area contributed by atoms with Crippen molar-refractivity contribution in [2.45, 2.75) is 6.04 Å². The Hall–Kier alpha value is -2.22. The highest BCUT2D eigenvalue weighted by molar-refractivity contribution is 5.98. The maximum Gasteiger partial charge on any atom is 0.288 e. The molecule has 2 rings (SSSR count). The zero-order valence-corrected chi connectivity index (χ0v) is 9.79. The fourth-order valence-electron chi connectivity index (χ4n) is 1.73. The Balaban J connectivity index is 2.39. The van der Waals surface area contributed by atoms with Crippen molar-refractivity contribution in [1.29, 1.82) is 0 Å². The number of likely N-dealkylation sites (N-methyl/N-ethyl adjacent to an activating group) is 1. The van der Waals surface area contributed by atoms with Gasteiger partial charge >= 0.3 is 0 Å². The van der Waals surface area contributed by atoms with Crippen LogP contribution in [0.4, 0.5) is 11.5 Å². The Morgan fingerprint density at radius 1 is 1.67 bits per heavy atom. The van der Waals surface area contributed by atoms with Crippen molar-refractivity contribution in [1.82, 2.24) is 10.3 Å². The van der Waals surface area contributed by atoms with Gasteiger partial charge in [0.15, 0.2) is 0 Å². The number of pyridine rings is 1. The molecule has 1 aliphatic heterocycles. The minimum absolute atomic E-state index is 0.0681. The molecule has 2 heterocycles. The molecule has 0 aliphatic carbocycles. The minimum atomic E-state index is -0.722. The summed E-state index contributed by atoms with van der Waals surface area (Å²) in [6, 6.07) is 1.38. The van der Waals surface area contributed by atoms with Gasteiger partial charge in [0.25, 0.3) is 11.6 Å². The number of nitrogens with two attached hydrogens (primary N) is 1. The molecule has 8 nitrogen and oxygen atoms in total. The molecule has 0 radical (unpaired) electrons. The molecular formula is C10H13N5O3. The Labute approximate surface area is 103 Å². The Bertz CT molecular complexity index is 500. The van der Waals surface area contributed by atoms with Gasteiger partial charge < -0.3 is 16.0 Å². The Kier molecular flexibility index (Phi) is 3.11. The van der Waals surface area contributed by atoms with Crippen LogP contribution < -0.4 is 16.0 Å². The average molecular weight is 251 g/mol. The van der Waals surface area contributed by atoms with Crippen LogP contribution in [-0.4, -0.2) is 42.0 Å². The van der Waals surface area contributed by atoms with Crippen LogP contribution in [0.5, 0.6) is 0 Å². The number of amides is 1. The predicted octanol–water partition coefficient (Wildman–Crippen LogP) is -0.503. The third-order valence-corrected chi connectivity index (χ3v) is 2.97. The second kappa shape index (κ2) is 4.57. The van der Waals surface area contributed by atoms with Gasteiger partial charge in [0, 0.05) is 26.2 Å². The molecule has 1 amide bonds. The molecule has 0 atom stereocenters. The minimum Gasteiger partial charge on any atom is -0.365 e. The van der Waals surface area contributed by atoms with Crippen LogP contribution >= 0.6 is 0 Å². The molecule has 1 aromatic heterocycles. The van der Waals surface area contributed by atoms with Crippen LogP contribution in [0.2, 0.25) is 0 Å². The zero-order chi connectivity index (χ0) is 13.3. The van der Waals surface area contributed by atoms with Gasteiger partial charge in [0.2, 0.25) is 0 Å². The molecule has 0 spiro atoms. The van der Waals surface area contributed by atoms with Crippen molar-refractivity contribution < 1.29 is 9.72 Å². The largest absolute Gasteiger partial charge is 0.365 e. The zero-order valence-electron chi connectivity index (χ0n) is 9.79. The lowest BCUT2D eigenvalue weighted by atomic mass is 10.1. The van der Waals surface area contributed by atoms with E-state index in [1.54, 1.807) is 11.9 Å². The summed E-state index contributed by atoms with van der Waals surface area (Å²) in [5.41, 5.74) is 5.06. The summed E-state index contributed by atoms with van der Waals surface area (Å²) in [6.45, 7) is 1.57. The van der Waals surface area contributed by atoms with Crippen molar-refractivity contribution in [3.8, 4) is 0 Å². The van der Waals surface area contributed by atoms with Crippen LogP contribution in [0.3, 0.4) is 0 Å². The van der Waals surface area contributed by atoms with E-state index in [0.717, 1.165) is 25.4 Å². The van der Waals surface area contributed by atoms with Gasteiger partial charge in [0.1, 0.15) is 12.0 Å². The molecule has 1 aliphatic rings. The van der Waals surface area contributed by atoms with E-state index in [4.69, 9.17) is 5.73 Å². The fraction of sp³-hybridized carbons (Fsp3) is 0.400. The van der Waals surface area contributed by atoms with E-state index in [1.165, 1.54) is 0 Å². The first-order valence-electron chi connectivity index (χ1n) is 5.38. The normalized spacial score (nSPS) is 14.9. The number of nitrogens with zero attached hydrogens (tertiary/aromatic N) is 3. The quantitative estimate of drug-likeness (QED) is 0.550. The summed E-state index contributed by atoms with van der Waals surface area (Å²) >= 11 is 0. The maximum absolute atomic E-state index is 11.3. The van der Waals surface area contributed by atoms with E-state index in [9.17, 15) is 14.9 Å². The van der Waals surface area contributed by atoms with Crippen molar-refractivity contribution in [3.63, 3.8) is 0 Å². The third kappa shape index (κ3) is 2.09. The van der Waals surface area contributed by atoms with E-state index in [-0.39, 0.29) is 17.3 Å². The number of aromatic nitrogens is 1. The van der Waals surface area contributed by atoms with Gasteiger partial charge in [-0.3, -0.25) is 14.9 Å². The maximum atomic E-state index is 11.3. The summed E-state index contributed by atoms with van der Waals surface area (Å²) in [5.74, 6) is -0.347. The number of carbonyl (C=O) groups is 1. The predicted molar refractivity (Wildman–Crippen MR) is 64.5 cm³/mol. The van der Waals surface area contributed by atoms with Crippen LogP contribution in [0.1, 0.15) is 10.4 Å². The average Bonchev–Trinajstić information content (AvgIpc) is 2.25. The van der Waals surface area contributed by atoms with Gasteiger partial charge in [-0.1, -0.05) is 0 Å². The first-order chi connectivity index (χ1) is 8.50. The molecule has 1 saturated heterocycles.